The van der Waals surface area contributed by atoms with Crippen molar-refractivity contribution in [3.8, 4) is 0 Å². The lowest BCUT2D eigenvalue weighted by atomic mass is 9.89. The summed E-state index contributed by atoms with van der Waals surface area (Å²) in [5, 5.41) is 2.70. The monoisotopic (exact) mass is 169 g/mol. The van der Waals surface area contributed by atoms with E-state index in [0.29, 0.717) is 6.54 Å². The summed E-state index contributed by atoms with van der Waals surface area (Å²) in [6, 6.07) is 0. The van der Waals surface area contributed by atoms with Crippen LogP contribution in [0.15, 0.2) is 0 Å². The minimum absolute atomic E-state index is 0.118. The highest BCUT2D eigenvalue weighted by Crippen LogP contribution is 2.39. The van der Waals surface area contributed by atoms with E-state index in [2.05, 4.69) is 5.32 Å². The van der Waals surface area contributed by atoms with Crippen LogP contribution in [0.2, 0.25) is 0 Å². The zero-order valence-corrected chi connectivity index (χ0v) is 7.05. The van der Waals surface area contributed by atoms with Gasteiger partial charge >= 0.3 is 6.18 Å². The van der Waals surface area contributed by atoms with Crippen LogP contribution in [0, 0.1) is 5.41 Å². The molecule has 0 saturated carbocycles. The van der Waals surface area contributed by atoms with E-state index in [9.17, 15) is 13.2 Å². The van der Waals surface area contributed by atoms with E-state index in [1.54, 1.807) is 7.05 Å². The highest BCUT2D eigenvalue weighted by Gasteiger charge is 2.46. The standard InChI is InChI=1S/C7H14F3N/c1-6(2,4-5-11-3)7(8,9)10/h11H,4-5H2,1-3H3. The van der Waals surface area contributed by atoms with Crippen LogP contribution in [0.1, 0.15) is 20.3 Å². The number of hydrogen-bond donors (Lipinski definition) is 1. The van der Waals surface area contributed by atoms with Crippen LogP contribution in [0.25, 0.3) is 0 Å². The predicted molar refractivity (Wildman–Crippen MR) is 38.4 cm³/mol. The molecule has 0 amide bonds. The molecule has 1 nitrogen and oxygen atoms in total. The molecular formula is C7H14F3N. The smallest absolute Gasteiger partial charge is 0.320 e. The Kier molecular flexibility index (Phi) is 3.35. The van der Waals surface area contributed by atoms with Gasteiger partial charge in [0.25, 0.3) is 0 Å². The number of alkyl halides is 3. The highest BCUT2D eigenvalue weighted by atomic mass is 19.4. The van der Waals surface area contributed by atoms with Gasteiger partial charge in [0.2, 0.25) is 0 Å². The summed E-state index contributed by atoms with van der Waals surface area (Å²) in [6.45, 7) is 2.82. The van der Waals surface area contributed by atoms with Gasteiger partial charge in [-0.05, 0) is 20.0 Å². The molecule has 0 fully saturated rings. The van der Waals surface area contributed by atoms with Crippen LogP contribution in [0.4, 0.5) is 13.2 Å². The Morgan fingerprint density at radius 3 is 1.91 bits per heavy atom. The largest absolute Gasteiger partial charge is 0.394 e. The summed E-state index contributed by atoms with van der Waals surface area (Å²) in [4.78, 5) is 0. The van der Waals surface area contributed by atoms with Gasteiger partial charge in [-0.1, -0.05) is 13.8 Å². The molecule has 0 aliphatic heterocycles. The molecule has 0 heterocycles. The summed E-state index contributed by atoms with van der Waals surface area (Å²) in [6.07, 6.45) is -3.98. The summed E-state index contributed by atoms with van der Waals surface area (Å²) in [5.74, 6) is 0. The van der Waals surface area contributed by atoms with Crippen molar-refractivity contribution in [2.24, 2.45) is 5.41 Å². The van der Waals surface area contributed by atoms with Crippen molar-refractivity contribution in [2.75, 3.05) is 13.6 Å². The van der Waals surface area contributed by atoms with Crippen molar-refractivity contribution >= 4 is 0 Å². The van der Waals surface area contributed by atoms with Gasteiger partial charge in [0, 0.05) is 0 Å². The molecule has 0 aromatic carbocycles. The first-order chi connectivity index (χ1) is 4.81. The van der Waals surface area contributed by atoms with Crippen molar-refractivity contribution in [3.05, 3.63) is 0 Å². The van der Waals surface area contributed by atoms with Gasteiger partial charge < -0.3 is 5.32 Å². The molecule has 0 spiro atoms. The van der Waals surface area contributed by atoms with Gasteiger partial charge in [0.15, 0.2) is 0 Å². The first kappa shape index (κ1) is 10.8. The minimum Gasteiger partial charge on any atom is -0.320 e. The average molecular weight is 169 g/mol. The molecular weight excluding hydrogens is 155 g/mol. The Balaban J connectivity index is 4.00. The maximum atomic E-state index is 12.1. The third kappa shape index (κ3) is 3.10. The fourth-order valence-corrected chi connectivity index (χ4v) is 0.579. The molecule has 0 aliphatic rings. The Bertz CT molecular complexity index is 117. The van der Waals surface area contributed by atoms with Gasteiger partial charge in [-0.25, -0.2) is 0 Å². The molecule has 0 unspecified atom stereocenters. The maximum absolute atomic E-state index is 12.1. The molecule has 1 N–H and O–H groups in total. The normalized spacial score (nSPS) is 13.6. The number of hydrogen-bond acceptors (Lipinski definition) is 1. The Hall–Kier alpha value is -0.250. The Morgan fingerprint density at radius 2 is 1.64 bits per heavy atom. The van der Waals surface area contributed by atoms with Crippen LogP contribution in [0.5, 0.6) is 0 Å². The molecule has 68 valence electrons. The van der Waals surface area contributed by atoms with Crippen LogP contribution in [-0.2, 0) is 0 Å². The average Bonchev–Trinajstić information content (AvgIpc) is 1.81. The van der Waals surface area contributed by atoms with Crippen LogP contribution in [0.3, 0.4) is 0 Å². The quantitative estimate of drug-likeness (QED) is 0.682. The second-order valence-electron chi connectivity index (χ2n) is 3.24. The molecule has 11 heavy (non-hydrogen) atoms. The lowest BCUT2D eigenvalue weighted by Gasteiger charge is -2.27. The van der Waals surface area contributed by atoms with Gasteiger partial charge in [-0.15, -0.1) is 0 Å². The van der Waals surface area contributed by atoms with Crippen LogP contribution >= 0.6 is 0 Å². The lowest BCUT2D eigenvalue weighted by molar-refractivity contribution is -0.213. The topological polar surface area (TPSA) is 12.0 Å². The lowest BCUT2D eigenvalue weighted by Crippen LogP contribution is -2.34. The van der Waals surface area contributed by atoms with E-state index in [1.165, 1.54) is 13.8 Å². The fraction of sp³-hybridized carbons (Fsp3) is 1.00. The van der Waals surface area contributed by atoms with Crippen molar-refractivity contribution in [1.82, 2.24) is 5.32 Å². The first-order valence-corrected chi connectivity index (χ1v) is 3.52. The third-order valence-corrected chi connectivity index (χ3v) is 1.77. The van der Waals surface area contributed by atoms with Gasteiger partial charge in [-0.3, -0.25) is 0 Å². The summed E-state index contributed by atoms with van der Waals surface area (Å²) in [5.41, 5.74) is -1.57. The van der Waals surface area contributed by atoms with Crippen LogP contribution < -0.4 is 5.32 Å². The molecule has 0 aromatic rings. The van der Waals surface area contributed by atoms with E-state index in [0.717, 1.165) is 0 Å². The maximum Gasteiger partial charge on any atom is 0.394 e. The van der Waals surface area contributed by atoms with Crippen LogP contribution in [-0.4, -0.2) is 19.8 Å². The number of nitrogens with one attached hydrogen (secondary N) is 1. The second kappa shape index (κ2) is 3.43. The zero-order valence-electron chi connectivity index (χ0n) is 7.05. The molecule has 0 atom stereocenters. The van der Waals surface area contributed by atoms with Gasteiger partial charge in [0.1, 0.15) is 0 Å². The predicted octanol–water partition coefficient (Wildman–Crippen LogP) is 2.18. The number of halogens is 3. The highest BCUT2D eigenvalue weighted by molar-refractivity contribution is 4.77. The van der Waals surface area contributed by atoms with Crippen molar-refractivity contribution < 1.29 is 13.2 Å². The Labute approximate surface area is 65.0 Å². The van der Waals surface area contributed by atoms with Crippen molar-refractivity contribution in [2.45, 2.75) is 26.4 Å². The fourth-order valence-electron chi connectivity index (χ4n) is 0.579. The summed E-state index contributed by atoms with van der Waals surface area (Å²) < 4.78 is 36.4. The number of rotatable bonds is 3. The minimum atomic E-state index is -4.09. The molecule has 0 bridgehead atoms. The first-order valence-electron chi connectivity index (χ1n) is 3.52. The van der Waals surface area contributed by atoms with E-state index in [1.807, 2.05) is 0 Å². The van der Waals surface area contributed by atoms with E-state index in [-0.39, 0.29) is 6.42 Å². The van der Waals surface area contributed by atoms with Crippen molar-refractivity contribution in [1.29, 1.82) is 0 Å². The van der Waals surface area contributed by atoms with E-state index in [4.69, 9.17) is 0 Å². The molecule has 0 aliphatic carbocycles. The van der Waals surface area contributed by atoms with E-state index < -0.39 is 11.6 Å². The zero-order chi connectivity index (χ0) is 9.12. The third-order valence-electron chi connectivity index (χ3n) is 1.77. The molecule has 0 saturated heterocycles. The molecule has 4 heteroatoms. The SMILES string of the molecule is CNCCC(C)(C)C(F)(F)F. The summed E-state index contributed by atoms with van der Waals surface area (Å²) in [7, 11) is 1.65. The van der Waals surface area contributed by atoms with Crippen molar-refractivity contribution in [3.63, 3.8) is 0 Å². The molecule has 0 rings (SSSR count). The summed E-state index contributed by atoms with van der Waals surface area (Å²) >= 11 is 0. The van der Waals surface area contributed by atoms with Gasteiger partial charge in [0.05, 0.1) is 5.41 Å². The molecule has 0 aromatic heterocycles. The van der Waals surface area contributed by atoms with E-state index >= 15 is 0 Å². The Morgan fingerprint density at radius 1 is 1.18 bits per heavy atom. The molecule has 0 radical (unpaired) electrons. The van der Waals surface area contributed by atoms with Gasteiger partial charge in [-0.2, -0.15) is 13.2 Å². The second-order valence-corrected chi connectivity index (χ2v) is 3.24.